The van der Waals surface area contributed by atoms with Crippen molar-refractivity contribution in [2.75, 3.05) is 19.0 Å². The maximum atomic E-state index is 9.92. The average Bonchev–Trinajstić information content (AvgIpc) is 2.86. The van der Waals surface area contributed by atoms with E-state index in [1.165, 1.54) is 32.3 Å². The van der Waals surface area contributed by atoms with Crippen molar-refractivity contribution < 1.29 is 0 Å². The molecule has 6 aromatic rings. The van der Waals surface area contributed by atoms with Crippen molar-refractivity contribution in [1.82, 2.24) is 4.98 Å². The van der Waals surface area contributed by atoms with E-state index in [0.717, 1.165) is 33.8 Å². The first-order valence-electron chi connectivity index (χ1n) is 11.4. The Hall–Kier alpha value is -4.42. The highest BCUT2D eigenvalue weighted by Crippen LogP contribution is 2.40. The zero-order chi connectivity index (χ0) is 23.4. The first-order chi connectivity index (χ1) is 16.5. The molecule has 0 fully saturated rings. The zero-order valence-electron chi connectivity index (χ0n) is 19.4. The monoisotopic (exact) mass is 437 g/mol. The molecule has 34 heavy (non-hydrogen) atoms. The molecule has 1 heterocycles. The molecule has 0 atom stereocenters. The fourth-order valence-corrected chi connectivity index (χ4v) is 5.08. The van der Waals surface area contributed by atoms with Gasteiger partial charge < -0.3 is 4.90 Å². The van der Waals surface area contributed by atoms with E-state index in [2.05, 4.69) is 95.9 Å². The molecule has 0 amide bonds. The summed E-state index contributed by atoms with van der Waals surface area (Å²) in [6.07, 6.45) is 0. The zero-order valence-corrected chi connectivity index (χ0v) is 19.4. The Bertz CT molecular complexity index is 1720. The highest BCUT2D eigenvalue weighted by molar-refractivity contribution is 6.25. The number of hydrogen-bond acceptors (Lipinski definition) is 3. The molecular formula is C31H23N3. The van der Waals surface area contributed by atoms with Gasteiger partial charge in [-0.3, -0.25) is 4.98 Å². The summed E-state index contributed by atoms with van der Waals surface area (Å²) < 4.78 is 0. The molecule has 0 aliphatic rings. The lowest BCUT2D eigenvalue weighted by Crippen LogP contribution is -2.08. The third-order valence-electron chi connectivity index (χ3n) is 6.81. The molecular weight excluding hydrogens is 414 g/mol. The van der Waals surface area contributed by atoms with Crippen LogP contribution in [0.3, 0.4) is 0 Å². The third-order valence-corrected chi connectivity index (χ3v) is 6.81. The van der Waals surface area contributed by atoms with Crippen molar-refractivity contribution >= 4 is 38.0 Å². The van der Waals surface area contributed by atoms with E-state index in [-0.39, 0.29) is 0 Å². The topological polar surface area (TPSA) is 39.9 Å². The summed E-state index contributed by atoms with van der Waals surface area (Å²) in [6, 6.07) is 32.4. The average molecular weight is 438 g/mol. The Morgan fingerprint density at radius 2 is 1.38 bits per heavy atom. The summed E-state index contributed by atoms with van der Waals surface area (Å²) in [5, 5.41) is 17.4. The Labute approximate surface area is 198 Å². The minimum atomic E-state index is 0.624. The molecule has 0 N–H and O–H groups in total. The first-order valence-corrected chi connectivity index (χ1v) is 11.4. The summed E-state index contributed by atoms with van der Waals surface area (Å²) in [6.45, 7) is 1.93. The van der Waals surface area contributed by atoms with Crippen molar-refractivity contribution in [2.45, 2.75) is 6.92 Å². The molecule has 0 saturated heterocycles. The van der Waals surface area contributed by atoms with Gasteiger partial charge in [-0.05, 0) is 63.0 Å². The van der Waals surface area contributed by atoms with E-state index in [4.69, 9.17) is 4.98 Å². The maximum absolute atomic E-state index is 9.92. The van der Waals surface area contributed by atoms with Crippen LogP contribution in [0.4, 0.5) is 5.69 Å². The van der Waals surface area contributed by atoms with Crippen LogP contribution in [0.25, 0.3) is 54.7 Å². The van der Waals surface area contributed by atoms with Crippen LogP contribution in [0.2, 0.25) is 0 Å². The van der Waals surface area contributed by atoms with Crippen LogP contribution in [0.1, 0.15) is 11.3 Å². The maximum Gasteiger partial charge on any atom is 0.102 e. The van der Waals surface area contributed by atoms with Gasteiger partial charge in [0.05, 0.1) is 17.0 Å². The quantitative estimate of drug-likeness (QED) is 0.268. The Kier molecular flexibility index (Phi) is 4.50. The number of anilines is 1. The molecule has 0 spiro atoms. The Morgan fingerprint density at radius 3 is 2.06 bits per heavy atom. The lowest BCUT2D eigenvalue weighted by Gasteiger charge is -2.16. The SMILES string of the molecule is Cc1nc(-c2ccc3ccc4cccc5ccc2c3c45)cc(-c2ccc(N(C)C)cc2)c1C#N. The largest absolute Gasteiger partial charge is 0.378 e. The van der Waals surface area contributed by atoms with Crippen LogP contribution in [0.15, 0.2) is 84.9 Å². The highest BCUT2D eigenvalue weighted by atomic mass is 15.1. The second kappa shape index (κ2) is 7.57. The normalized spacial score (nSPS) is 11.4. The van der Waals surface area contributed by atoms with Gasteiger partial charge in [-0.1, -0.05) is 66.7 Å². The van der Waals surface area contributed by atoms with Crippen LogP contribution in [0.5, 0.6) is 0 Å². The number of pyridine rings is 1. The van der Waals surface area contributed by atoms with E-state index in [1.807, 2.05) is 21.0 Å². The van der Waals surface area contributed by atoms with Gasteiger partial charge in [0.2, 0.25) is 0 Å². The van der Waals surface area contributed by atoms with Crippen LogP contribution in [-0.4, -0.2) is 19.1 Å². The fraction of sp³-hybridized carbons (Fsp3) is 0.0968. The van der Waals surface area contributed by atoms with Gasteiger partial charge in [0, 0.05) is 30.9 Å². The molecule has 162 valence electrons. The van der Waals surface area contributed by atoms with Crippen LogP contribution < -0.4 is 4.90 Å². The van der Waals surface area contributed by atoms with Crippen molar-refractivity contribution in [3.63, 3.8) is 0 Å². The summed E-state index contributed by atoms with van der Waals surface area (Å²) in [5.41, 5.74) is 6.41. The van der Waals surface area contributed by atoms with E-state index in [9.17, 15) is 5.26 Å². The summed E-state index contributed by atoms with van der Waals surface area (Å²) >= 11 is 0. The predicted molar refractivity (Wildman–Crippen MR) is 143 cm³/mol. The Balaban J connectivity index is 1.62. The second-order valence-corrected chi connectivity index (χ2v) is 9.04. The Morgan fingerprint density at radius 1 is 0.735 bits per heavy atom. The highest BCUT2D eigenvalue weighted by Gasteiger charge is 2.16. The number of benzene rings is 5. The van der Waals surface area contributed by atoms with Gasteiger partial charge in [-0.2, -0.15) is 5.26 Å². The lowest BCUT2D eigenvalue weighted by atomic mass is 9.90. The smallest absolute Gasteiger partial charge is 0.102 e. The van der Waals surface area contributed by atoms with Crippen LogP contribution in [-0.2, 0) is 0 Å². The second-order valence-electron chi connectivity index (χ2n) is 9.04. The van der Waals surface area contributed by atoms with E-state index < -0.39 is 0 Å². The molecule has 0 saturated carbocycles. The molecule has 0 unspecified atom stereocenters. The molecule has 5 aromatic carbocycles. The van der Waals surface area contributed by atoms with Gasteiger partial charge in [-0.25, -0.2) is 0 Å². The van der Waals surface area contributed by atoms with Gasteiger partial charge in [0.15, 0.2) is 0 Å². The molecule has 3 heteroatoms. The molecule has 0 radical (unpaired) electrons. The molecule has 0 aliphatic heterocycles. The van der Waals surface area contributed by atoms with Crippen molar-refractivity contribution in [3.8, 4) is 28.5 Å². The summed E-state index contributed by atoms with van der Waals surface area (Å²) in [7, 11) is 4.05. The molecule has 3 nitrogen and oxygen atoms in total. The van der Waals surface area contributed by atoms with E-state index in [1.54, 1.807) is 0 Å². The first kappa shape index (κ1) is 20.2. The molecule has 0 bridgehead atoms. The fourth-order valence-electron chi connectivity index (χ4n) is 5.08. The molecule has 1 aromatic heterocycles. The van der Waals surface area contributed by atoms with Gasteiger partial charge >= 0.3 is 0 Å². The standard InChI is InChI=1S/C31H23N3/c1-19-28(18-32)27(20-9-13-24(14-10-20)34(2)3)17-29(33-19)25-15-11-23-8-7-21-5-4-6-22-12-16-26(25)31(23)30(21)22/h4-17H,1-3H3. The van der Waals surface area contributed by atoms with E-state index >= 15 is 0 Å². The number of nitriles is 1. The number of hydrogen-bond donors (Lipinski definition) is 0. The van der Waals surface area contributed by atoms with E-state index in [0.29, 0.717) is 5.56 Å². The number of aromatic nitrogens is 1. The number of nitrogens with zero attached hydrogens (tertiary/aromatic N) is 3. The number of aryl methyl sites for hydroxylation is 1. The van der Waals surface area contributed by atoms with Gasteiger partial charge in [0.25, 0.3) is 0 Å². The third kappa shape index (κ3) is 3.00. The minimum Gasteiger partial charge on any atom is -0.378 e. The van der Waals surface area contributed by atoms with Crippen molar-refractivity contribution in [3.05, 3.63) is 96.2 Å². The van der Waals surface area contributed by atoms with Crippen LogP contribution >= 0.6 is 0 Å². The molecule has 6 rings (SSSR count). The number of rotatable bonds is 3. The summed E-state index contributed by atoms with van der Waals surface area (Å²) in [4.78, 5) is 6.97. The van der Waals surface area contributed by atoms with Gasteiger partial charge in [0.1, 0.15) is 6.07 Å². The lowest BCUT2D eigenvalue weighted by molar-refractivity contribution is 1.13. The molecule has 0 aliphatic carbocycles. The van der Waals surface area contributed by atoms with Crippen LogP contribution in [0, 0.1) is 18.3 Å². The van der Waals surface area contributed by atoms with Crippen molar-refractivity contribution in [1.29, 1.82) is 5.26 Å². The van der Waals surface area contributed by atoms with Crippen molar-refractivity contribution in [2.24, 2.45) is 0 Å². The van der Waals surface area contributed by atoms with Gasteiger partial charge in [-0.15, -0.1) is 0 Å². The predicted octanol–water partition coefficient (Wildman–Crippen LogP) is 7.56. The summed E-state index contributed by atoms with van der Waals surface area (Å²) in [5.74, 6) is 0. The minimum absolute atomic E-state index is 0.624.